The summed E-state index contributed by atoms with van der Waals surface area (Å²) in [5, 5.41) is 7.62. The Balaban J connectivity index is 1.41. The van der Waals surface area contributed by atoms with E-state index < -0.39 is 0 Å². The Hall–Kier alpha value is -3.45. The Labute approximate surface area is 185 Å². The molecule has 158 valence electrons. The number of carbonyl (C=O) groups excluding carboxylic acids is 1. The van der Waals surface area contributed by atoms with E-state index in [4.69, 9.17) is 11.6 Å². The van der Waals surface area contributed by atoms with Crippen LogP contribution < -0.4 is 5.32 Å². The summed E-state index contributed by atoms with van der Waals surface area (Å²) in [6.07, 6.45) is 4.32. The summed E-state index contributed by atoms with van der Waals surface area (Å²) in [7, 11) is 0. The van der Waals surface area contributed by atoms with Gasteiger partial charge in [0.1, 0.15) is 11.5 Å². The zero-order chi connectivity index (χ0) is 21.8. The van der Waals surface area contributed by atoms with Crippen LogP contribution in [-0.2, 0) is 13.0 Å². The van der Waals surface area contributed by atoms with Crippen LogP contribution in [0.2, 0.25) is 5.02 Å². The van der Waals surface area contributed by atoms with Crippen molar-refractivity contribution in [2.24, 2.45) is 0 Å². The molecule has 1 aromatic carbocycles. The van der Waals surface area contributed by atoms with Crippen molar-refractivity contribution in [3.8, 4) is 5.82 Å². The van der Waals surface area contributed by atoms with E-state index in [0.717, 1.165) is 23.8 Å². The van der Waals surface area contributed by atoms with Crippen molar-refractivity contribution in [3.63, 3.8) is 0 Å². The molecule has 0 aliphatic carbocycles. The van der Waals surface area contributed by atoms with Crippen LogP contribution in [0, 0.1) is 13.8 Å². The number of aryl methyl sites for hydroxylation is 2. The average molecular weight is 435 g/mol. The third kappa shape index (κ3) is 4.83. The molecule has 0 unspecified atom stereocenters. The van der Waals surface area contributed by atoms with E-state index in [0.29, 0.717) is 23.8 Å². The largest absolute Gasteiger partial charge is 0.350 e. The molecule has 31 heavy (non-hydrogen) atoms. The van der Waals surface area contributed by atoms with E-state index in [2.05, 4.69) is 37.1 Å². The van der Waals surface area contributed by atoms with Gasteiger partial charge in [0.05, 0.1) is 10.7 Å². The van der Waals surface area contributed by atoms with Crippen LogP contribution in [0.15, 0.2) is 60.9 Å². The van der Waals surface area contributed by atoms with Crippen LogP contribution in [0.4, 0.5) is 0 Å². The van der Waals surface area contributed by atoms with Crippen molar-refractivity contribution in [1.82, 2.24) is 29.6 Å². The summed E-state index contributed by atoms with van der Waals surface area (Å²) in [6.45, 7) is 5.01. The van der Waals surface area contributed by atoms with E-state index in [1.54, 1.807) is 23.0 Å². The normalized spacial score (nSPS) is 10.9. The van der Waals surface area contributed by atoms with Crippen molar-refractivity contribution in [2.45, 2.75) is 26.8 Å². The third-order valence-electron chi connectivity index (χ3n) is 4.90. The maximum absolute atomic E-state index is 12.7. The zero-order valence-electron chi connectivity index (χ0n) is 17.4. The number of hydrogen-bond donors (Lipinski definition) is 1. The molecule has 0 fully saturated rings. The maximum Gasteiger partial charge on any atom is 0.271 e. The highest BCUT2D eigenvalue weighted by atomic mass is 35.5. The number of nitrogens with zero attached hydrogens (tertiary/aromatic N) is 5. The molecule has 0 aliphatic heterocycles. The van der Waals surface area contributed by atoms with Gasteiger partial charge in [-0.25, -0.2) is 14.6 Å². The van der Waals surface area contributed by atoms with Gasteiger partial charge in [0.2, 0.25) is 0 Å². The Morgan fingerprint density at radius 3 is 2.68 bits per heavy atom. The van der Waals surface area contributed by atoms with Crippen LogP contribution in [0.3, 0.4) is 0 Å². The number of pyridine rings is 1. The van der Waals surface area contributed by atoms with Crippen molar-refractivity contribution >= 4 is 17.5 Å². The fourth-order valence-corrected chi connectivity index (χ4v) is 3.62. The molecule has 4 rings (SSSR count). The second kappa shape index (κ2) is 9.14. The van der Waals surface area contributed by atoms with E-state index in [1.165, 1.54) is 5.56 Å². The molecule has 4 aromatic rings. The molecular weight excluding hydrogens is 412 g/mol. The van der Waals surface area contributed by atoms with Gasteiger partial charge in [-0.3, -0.25) is 4.79 Å². The number of imidazole rings is 1. The fourth-order valence-electron chi connectivity index (χ4n) is 3.43. The Kier molecular flexibility index (Phi) is 6.13. The lowest BCUT2D eigenvalue weighted by Gasteiger charge is -2.10. The maximum atomic E-state index is 12.7. The number of aromatic nitrogens is 5. The van der Waals surface area contributed by atoms with Gasteiger partial charge in [0, 0.05) is 37.6 Å². The summed E-state index contributed by atoms with van der Waals surface area (Å²) < 4.78 is 3.78. The van der Waals surface area contributed by atoms with Gasteiger partial charge < -0.3 is 9.88 Å². The second-order valence-corrected chi connectivity index (χ2v) is 7.71. The third-order valence-corrected chi connectivity index (χ3v) is 5.21. The van der Waals surface area contributed by atoms with E-state index in [9.17, 15) is 4.79 Å². The van der Waals surface area contributed by atoms with Gasteiger partial charge in [-0.05, 0) is 37.6 Å². The number of benzene rings is 1. The first kappa shape index (κ1) is 20.8. The van der Waals surface area contributed by atoms with Crippen molar-refractivity contribution in [2.75, 3.05) is 6.54 Å². The molecule has 0 spiro atoms. The molecule has 8 heteroatoms. The Bertz CT molecular complexity index is 1200. The lowest BCUT2D eigenvalue weighted by atomic mass is 10.2. The molecule has 0 aliphatic rings. The molecule has 3 heterocycles. The van der Waals surface area contributed by atoms with Crippen LogP contribution in [0.5, 0.6) is 0 Å². The topological polar surface area (TPSA) is 77.6 Å². The van der Waals surface area contributed by atoms with Gasteiger partial charge in [-0.15, -0.1) is 0 Å². The number of rotatable bonds is 7. The number of carbonyl (C=O) groups is 1. The van der Waals surface area contributed by atoms with Gasteiger partial charge in [-0.2, -0.15) is 5.10 Å². The summed E-state index contributed by atoms with van der Waals surface area (Å²) in [6, 6.07) is 15.6. The summed E-state index contributed by atoms with van der Waals surface area (Å²) in [5.74, 6) is 1.13. The van der Waals surface area contributed by atoms with Gasteiger partial charge in [0.15, 0.2) is 5.82 Å². The van der Waals surface area contributed by atoms with Crippen LogP contribution in [-0.4, -0.2) is 36.8 Å². The van der Waals surface area contributed by atoms with E-state index in [-0.39, 0.29) is 11.6 Å². The monoisotopic (exact) mass is 434 g/mol. The molecule has 0 atom stereocenters. The average Bonchev–Trinajstić information content (AvgIpc) is 3.34. The molecular formula is C23H23ClN6O. The number of nitrogens with one attached hydrogen (secondary N) is 1. The molecule has 0 radical (unpaired) electrons. The highest BCUT2D eigenvalue weighted by Gasteiger charge is 2.15. The van der Waals surface area contributed by atoms with Crippen LogP contribution in [0.25, 0.3) is 5.82 Å². The second-order valence-electron chi connectivity index (χ2n) is 7.30. The minimum absolute atomic E-state index is 0.180. The first-order valence-electron chi connectivity index (χ1n) is 10.0. The molecule has 0 saturated heterocycles. The van der Waals surface area contributed by atoms with Crippen molar-refractivity contribution in [1.29, 1.82) is 0 Å². The predicted molar refractivity (Wildman–Crippen MR) is 120 cm³/mol. The first-order chi connectivity index (χ1) is 15.0. The number of halogens is 1. The van der Waals surface area contributed by atoms with Gasteiger partial charge in [-0.1, -0.05) is 41.9 Å². The molecule has 7 nitrogen and oxygen atoms in total. The standard InChI is InChI=1S/C23H23ClN6O/c1-16-14-17(2)30(28-16)21-9-8-19(24)22(27-21)23(31)26-11-10-20-25-12-13-29(20)15-18-6-4-3-5-7-18/h3-9,12-14H,10-11,15H2,1-2H3,(H,26,31). The number of amides is 1. The van der Waals surface area contributed by atoms with Gasteiger partial charge >= 0.3 is 0 Å². The molecule has 0 bridgehead atoms. The molecule has 1 amide bonds. The quantitative estimate of drug-likeness (QED) is 0.480. The number of hydrogen-bond acceptors (Lipinski definition) is 4. The van der Waals surface area contributed by atoms with Crippen molar-refractivity contribution in [3.05, 3.63) is 94.4 Å². The summed E-state index contributed by atoms with van der Waals surface area (Å²) >= 11 is 6.25. The predicted octanol–water partition coefficient (Wildman–Crippen LogP) is 3.75. The highest BCUT2D eigenvalue weighted by molar-refractivity contribution is 6.33. The fraction of sp³-hybridized carbons (Fsp3) is 0.217. The lowest BCUT2D eigenvalue weighted by Crippen LogP contribution is -2.28. The minimum Gasteiger partial charge on any atom is -0.350 e. The molecule has 1 N–H and O–H groups in total. The van der Waals surface area contributed by atoms with Crippen LogP contribution >= 0.6 is 11.6 Å². The summed E-state index contributed by atoms with van der Waals surface area (Å²) in [4.78, 5) is 21.6. The highest BCUT2D eigenvalue weighted by Crippen LogP contribution is 2.18. The minimum atomic E-state index is -0.324. The van der Waals surface area contributed by atoms with Crippen molar-refractivity contribution < 1.29 is 4.79 Å². The van der Waals surface area contributed by atoms with E-state index >= 15 is 0 Å². The SMILES string of the molecule is Cc1cc(C)n(-c2ccc(Cl)c(C(=O)NCCc3nccn3Cc3ccccc3)n2)n1. The zero-order valence-corrected chi connectivity index (χ0v) is 18.2. The smallest absolute Gasteiger partial charge is 0.271 e. The van der Waals surface area contributed by atoms with Gasteiger partial charge in [0.25, 0.3) is 5.91 Å². The Morgan fingerprint density at radius 2 is 1.94 bits per heavy atom. The van der Waals surface area contributed by atoms with E-state index in [1.807, 2.05) is 44.3 Å². The lowest BCUT2D eigenvalue weighted by molar-refractivity contribution is 0.0949. The molecule has 3 aromatic heterocycles. The van der Waals surface area contributed by atoms with Crippen LogP contribution in [0.1, 0.15) is 33.3 Å². The summed E-state index contributed by atoms with van der Waals surface area (Å²) in [5.41, 5.74) is 3.19. The Morgan fingerprint density at radius 1 is 1.13 bits per heavy atom. The first-order valence-corrected chi connectivity index (χ1v) is 10.4. The molecule has 0 saturated carbocycles.